The van der Waals surface area contributed by atoms with Gasteiger partial charge in [0.05, 0.1) is 29.6 Å². The summed E-state index contributed by atoms with van der Waals surface area (Å²) in [5, 5.41) is 0. The van der Waals surface area contributed by atoms with Crippen molar-refractivity contribution >= 4 is 28.1 Å². The quantitative estimate of drug-likeness (QED) is 0.438. The summed E-state index contributed by atoms with van der Waals surface area (Å²) < 4.78 is 43.5. The van der Waals surface area contributed by atoms with Gasteiger partial charge in [-0.05, 0) is 37.8 Å². The van der Waals surface area contributed by atoms with Crippen LogP contribution in [0, 0.1) is 0 Å². The van der Waals surface area contributed by atoms with E-state index in [0.29, 0.717) is 60.3 Å². The SMILES string of the molecule is FC(F)c1nc2ccccc2n1-c1nc(N2CC3CCC(C2)O3)nc2c1ncn2C1CCOCC1. The molecule has 0 amide bonds. The van der Waals surface area contributed by atoms with Crippen molar-refractivity contribution in [1.29, 1.82) is 0 Å². The highest BCUT2D eigenvalue weighted by atomic mass is 19.3. The Labute approximate surface area is 199 Å². The van der Waals surface area contributed by atoms with E-state index < -0.39 is 6.43 Å². The van der Waals surface area contributed by atoms with E-state index >= 15 is 0 Å². The van der Waals surface area contributed by atoms with Crippen LogP contribution < -0.4 is 4.90 Å². The number of nitrogens with zero attached hydrogens (tertiary/aromatic N) is 7. The summed E-state index contributed by atoms with van der Waals surface area (Å²) in [5.74, 6) is 0.498. The molecule has 3 fully saturated rings. The standard InChI is InChI=1S/C24H25F2N7O2/c25-20(26)23-28-17-3-1-2-4-18(17)33(23)22-19-21(32(13-27-19)14-7-9-34-10-8-14)29-24(30-22)31-11-15-5-6-16(12-31)35-15/h1-4,13-16,20H,5-12H2. The van der Waals surface area contributed by atoms with Crippen LogP contribution in [0.4, 0.5) is 14.7 Å². The molecule has 3 saturated heterocycles. The molecule has 3 aromatic heterocycles. The molecule has 6 heterocycles. The molecular weight excluding hydrogens is 456 g/mol. The van der Waals surface area contributed by atoms with Gasteiger partial charge in [-0.25, -0.2) is 18.7 Å². The van der Waals surface area contributed by atoms with E-state index in [9.17, 15) is 8.78 Å². The van der Waals surface area contributed by atoms with E-state index in [4.69, 9.17) is 19.4 Å². The molecule has 1 aromatic carbocycles. The van der Waals surface area contributed by atoms with E-state index in [2.05, 4.69) is 19.4 Å². The molecule has 35 heavy (non-hydrogen) atoms. The van der Waals surface area contributed by atoms with Crippen molar-refractivity contribution < 1.29 is 18.3 Å². The van der Waals surface area contributed by atoms with Crippen LogP contribution in [0.15, 0.2) is 30.6 Å². The van der Waals surface area contributed by atoms with Crippen molar-refractivity contribution in [2.75, 3.05) is 31.2 Å². The Hall–Kier alpha value is -3.18. The van der Waals surface area contributed by atoms with Crippen LogP contribution >= 0.6 is 0 Å². The van der Waals surface area contributed by atoms with Gasteiger partial charge < -0.3 is 18.9 Å². The summed E-state index contributed by atoms with van der Waals surface area (Å²) >= 11 is 0. The van der Waals surface area contributed by atoms with Gasteiger partial charge in [-0.1, -0.05) is 12.1 Å². The number of morpholine rings is 1. The van der Waals surface area contributed by atoms with Crippen LogP contribution in [0.5, 0.6) is 0 Å². The summed E-state index contributed by atoms with van der Waals surface area (Å²) in [6.45, 7) is 2.70. The Bertz CT molecular complexity index is 1390. The largest absolute Gasteiger partial charge is 0.381 e. The molecule has 182 valence electrons. The second kappa shape index (κ2) is 8.20. The maximum atomic E-state index is 14.2. The predicted octanol–water partition coefficient (Wildman–Crippen LogP) is 3.82. The van der Waals surface area contributed by atoms with Crippen LogP contribution in [0.25, 0.3) is 28.0 Å². The maximum Gasteiger partial charge on any atom is 0.296 e. The molecule has 3 aliphatic heterocycles. The zero-order chi connectivity index (χ0) is 23.5. The van der Waals surface area contributed by atoms with Gasteiger partial charge >= 0.3 is 0 Å². The summed E-state index contributed by atoms with van der Waals surface area (Å²) in [6, 6.07) is 7.30. The molecule has 9 nitrogen and oxygen atoms in total. The number of hydrogen-bond donors (Lipinski definition) is 0. The lowest BCUT2D eigenvalue weighted by atomic mass is 10.1. The van der Waals surface area contributed by atoms with Crippen LogP contribution in [-0.4, -0.2) is 67.6 Å². The molecule has 2 unspecified atom stereocenters. The first-order valence-electron chi connectivity index (χ1n) is 12.1. The highest BCUT2D eigenvalue weighted by Crippen LogP contribution is 2.34. The fraction of sp³-hybridized carbons (Fsp3) is 0.500. The Kier molecular flexibility index (Phi) is 4.95. The maximum absolute atomic E-state index is 14.2. The third-order valence-electron chi connectivity index (χ3n) is 7.30. The van der Waals surface area contributed by atoms with Crippen LogP contribution in [0.2, 0.25) is 0 Å². The molecule has 0 N–H and O–H groups in total. The molecule has 0 aliphatic carbocycles. The molecule has 3 aliphatic rings. The minimum absolute atomic E-state index is 0.141. The summed E-state index contributed by atoms with van der Waals surface area (Å²) in [4.78, 5) is 20.8. The van der Waals surface area contributed by atoms with E-state index in [1.54, 1.807) is 24.5 Å². The number of anilines is 1. The lowest BCUT2D eigenvalue weighted by molar-refractivity contribution is 0.0299. The first-order valence-corrected chi connectivity index (χ1v) is 12.1. The number of imidazole rings is 2. The molecule has 2 atom stereocenters. The second-order valence-corrected chi connectivity index (χ2v) is 9.47. The average Bonchev–Trinajstić information content (AvgIpc) is 3.58. The Morgan fingerprint density at radius 3 is 2.49 bits per heavy atom. The van der Waals surface area contributed by atoms with Crippen molar-refractivity contribution in [3.8, 4) is 5.82 Å². The van der Waals surface area contributed by atoms with Gasteiger partial charge in [-0.2, -0.15) is 9.97 Å². The minimum Gasteiger partial charge on any atom is -0.381 e. The second-order valence-electron chi connectivity index (χ2n) is 9.47. The number of halogens is 2. The number of ether oxygens (including phenoxy) is 2. The van der Waals surface area contributed by atoms with Crippen LogP contribution in [0.1, 0.15) is 44.0 Å². The molecule has 0 spiro atoms. The molecule has 4 aromatic rings. The summed E-state index contributed by atoms with van der Waals surface area (Å²) in [6.07, 6.45) is 2.98. The third-order valence-corrected chi connectivity index (χ3v) is 7.30. The van der Waals surface area contributed by atoms with E-state index in [1.807, 2.05) is 6.07 Å². The van der Waals surface area contributed by atoms with Gasteiger partial charge in [0.2, 0.25) is 5.95 Å². The highest BCUT2D eigenvalue weighted by molar-refractivity contribution is 5.85. The monoisotopic (exact) mass is 481 g/mol. The van der Waals surface area contributed by atoms with Gasteiger partial charge in [-0.15, -0.1) is 0 Å². The molecule has 0 saturated carbocycles. The number of alkyl halides is 2. The van der Waals surface area contributed by atoms with E-state index in [1.165, 1.54) is 4.57 Å². The molecule has 7 rings (SSSR count). The van der Waals surface area contributed by atoms with Crippen molar-refractivity contribution in [1.82, 2.24) is 29.1 Å². The number of hydrogen-bond acceptors (Lipinski definition) is 7. The van der Waals surface area contributed by atoms with E-state index in [-0.39, 0.29) is 24.1 Å². The Balaban J connectivity index is 1.46. The zero-order valence-electron chi connectivity index (χ0n) is 19.1. The fourth-order valence-electron chi connectivity index (χ4n) is 5.61. The fourth-order valence-corrected chi connectivity index (χ4v) is 5.61. The van der Waals surface area contributed by atoms with Gasteiger partial charge in [0.25, 0.3) is 6.43 Å². The Morgan fingerprint density at radius 1 is 0.943 bits per heavy atom. The molecule has 11 heteroatoms. The zero-order valence-corrected chi connectivity index (χ0v) is 19.1. The predicted molar refractivity (Wildman–Crippen MR) is 124 cm³/mol. The van der Waals surface area contributed by atoms with Crippen molar-refractivity contribution in [2.45, 2.75) is 50.4 Å². The number of aromatic nitrogens is 6. The molecule has 0 radical (unpaired) electrons. The molecule has 2 bridgehead atoms. The van der Waals surface area contributed by atoms with Gasteiger partial charge in [0.15, 0.2) is 22.8 Å². The van der Waals surface area contributed by atoms with Gasteiger partial charge in [-0.3, -0.25) is 4.57 Å². The van der Waals surface area contributed by atoms with Gasteiger partial charge in [0, 0.05) is 32.3 Å². The first kappa shape index (κ1) is 21.1. The number of fused-ring (bicyclic) bond motifs is 4. The summed E-state index contributed by atoms with van der Waals surface area (Å²) in [5.41, 5.74) is 2.19. The minimum atomic E-state index is -2.77. The van der Waals surface area contributed by atoms with Crippen molar-refractivity contribution in [3.63, 3.8) is 0 Å². The lowest BCUT2D eigenvalue weighted by Gasteiger charge is -2.32. The number of para-hydroxylation sites is 2. The van der Waals surface area contributed by atoms with Crippen LogP contribution in [0.3, 0.4) is 0 Å². The third kappa shape index (κ3) is 3.48. The van der Waals surface area contributed by atoms with E-state index in [0.717, 1.165) is 25.7 Å². The normalized spacial score (nSPS) is 23.2. The smallest absolute Gasteiger partial charge is 0.296 e. The van der Waals surface area contributed by atoms with Gasteiger partial charge in [0.1, 0.15) is 0 Å². The first-order chi connectivity index (χ1) is 17.2. The van der Waals surface area contributed by atoms with Crippen molar-refractivity contribution in [3.05, 3.63) is 36.4 Å². The topological polar surface area (TPSA) is 83.1 Å². The average molecular weight is 482 g/mol. The Morgan fingerprint density at radius 2 is 1.71 bits per heavy atom. The lowest BCUT2D eigenvalue weighted by Crippen LogP contribution is -2.43. The van der Waals surface area contributed by atoms with Crippen molar-refractivity contribution in [2.24, 2.45) is 0 Å². The molecular formula is C24H25F2N7O2. The number of benzene rings is 1. The highest BCUT2D eigenvalue weighted by Gasteiger charge is 2.36. The summed E-state index contributed by atoms with van der Waals surface area (Å²) in [7, 11) is 0. The number of rotatable bonds is 4. The van der Waals surface area contributed by atoms with Crippen LogP contribution in [-0.2, 0) is 9.47 Å².